The monoisotopic (exact) mass is 364 g/mol. The van der Waals surface area contributed by atoms with Gasteiger partial charge >= 0.3 is 0 Å². The number of hydrogen-bond acceptors (Lipinski definition) is 2. The maximum absolute atomic E-state index is 12.3. The van der Waals surface area contributed by atoms with Gasteiger partial charge in [0.15, 0.2) is 0 Å². The highest BCUT2D eigenvalue weighted by Crippen LogP contribution is 2.40. The Bertz CT molecular complexity index is 393. The van der Waals surface area contributed by atoms with Gasteiger partial charge in [0.1, 0.15) is 0 Å². The highest BCUT2D eigenvalue weighted by molar-refractivity contribution is 5.76. The first-order chi connectivity index (χ1) is 12.6. The van der Waals surface area contributed by atoms with Crippen molar-refractivity contribution in [1.29, 1.82) is 0 Å². The summed E-state index contributed by atoms with van der Waals surface area (Å²) in [5.74, 6) is 1.31. The molecule has 1 spiro atoms. The average molecular weight is 365 g/mol. The fraction of sp³-hybridized carbons (Fsp3) is 0.957. The summed E-state index contributed by atoms with van der Waals surface area (Å²) in [7, 11) is 0. The molecule has 1 atom stereocenters. The fourth-order valence-electron chi connectivity index (χ4n) is 4.84. The molecular formula is C23H44N2O. The first kappa shape index (κ1) is 21.7. The standard InChI is InChI=1S/C23H44N2O/c1-4-6-8-11-21(3)12-10-16-24-19-23(20-24)14-17-25(18-15-23)22(26)13-9-7-5-2/h21H,4-20H2,1-3H3. The lowest BCUT2D eigenvalue weighted by Gasteiger charge is -2.54. The quantitative estimate of drug-likeness (QED) is 0.428. The number of carbonyl (C=O) groups excluding carboxylic acids is 1. The van der Waals surface area contributed by atoms with Crippen LogP contribution in [0, 0.1) is 11.3 Å². The molecule has 2 aliphatic rings. The lowest BCUT2D eigenvalue weighted by molar-refractivity contribution is -0.136. The number of amides is 1. The smallest absolute Gasteiger partial charge is 0.222 e. The molecule has 0 aliphatic carbocycles. The maximum atomic E-state index is 12.3. The van der Waals surface area contributed by atoms with Gasteiger partial charge < -0.3 is 9.80 Å². The molecule has 2 heterocycles. The minimum absolute atomic E-state index is 0.404. The van der Waals surface area contributed by atoms with Crippen molar-refractivity contribution in [3.8, 4) is 0 Å². The number of piperidine rings is 1. The molecule has 3 nitrogen and oxygen atoms in total. The van der Waals surface area contributed by atoms with Crippen molar-refractivity contribution in [2.24, 2.45) is 11.3 Å². The van der Waals surface area contributed by atoms with Crippen LogP contribution in [0.5, 0.6) is 0 Å². The Morgan fingerprint density at radius 1 is 0.923 bits per heavy atom. The van der Waals surface area contributed by atoms with E-state index in [9.17, 15) is 4.79 Å². The number of nitrogens with zero attached hydrogens (tertiary/aromatic N) is 2. The van der Waals surface area contributed by atoms with Crippen LogP contribution in [0.15, 0.2) is 0 Å². The Balaban J connectivity index is 1.54. The van der Waals surface area contributed by atoms with Gasteiger partial charge in [-0.1, -0.05) is 59.3 Å². The number of hydrogen-bond donors (Lipinski definition) is 0. The van der Waals surface area contributed by atoms with Gasteiger partial charge in [0.25, 0.3) is 0 Å². The molecule has 2 rings (SSSR count). The molecule has 3 heteroatoms. The zero-order valence-electron chi connectivity index (χ0n) is 17.9. The SMILES string of the molecule is CCCCCC(=O)N1CCC2(CC1)CN(CCCC(C)CCCCC)C2. The van der Waals surface area contributed by atoms with Crippen LogP contribution in [0.1, 0.15) is 97.8 Å². The van der Waals surface area contributed by atoms with Crippen LogP contribution < -0.4 is 0 Å². The molecule has 0 aromatic carbocycles. The summed E-state index contributed by atoms with van der Waals surface area (Å²) >= 11 is 0. The van der Waals surface area contributed by atoms with Gasteiger partial charge in [-0.3, -0.25) is 4.79 Å². The summed E-state index contributed by atoms with van der Waals surface area (Å²) in [6.45, 7) is 12.8. The summed E-state index contributed by atoms with van der Waals surface area (Å²) in [6, 6.07) is 0. The van der Waals surface area contributed by atoms with E-state index in [0.29, 0.717) is 11.3 Å². The van der Waals surface area contributed by atoms with E-state index in [1.807, 2.05) is 0 Å². The molecule has 0 saturated carbocycles. The van der Waals surface area contributed by atoms with E-state index in [-0.39, 0.29) is 0 Å². The molecule has 2 fully saturated rings. The van der Waals surface area contributed by atoms with E-state index in [1.54, 1.807) is 0 Å². The topological polar surface area (TPSA) is 23.6 Å². The van der Waals surface area contributed by atoms with E-state index in [4.69, 9.17) is 0 Å². The molecule has 2 aliphatic heterocycles. The Morgan fingerprint density at radius 2 is 1.54 bits per heavy atom. The van der Waals surface area contributed by atoms with Crippen molar-refractivity contribution in [2.75, 3.05) is 32.7 Å². The summed E-state index contributed by atoms with van der Waals surface area (Å²) in [5.41, 5.74) is 0.549. The van der Waals surface area contributed by atoms with Crippen molar-refractivity contribution < 1.29 is 4.79 Å². The maximum Gasteiger partial charge on any atom is 0.222 e. The van der Waals surface area contributed by atoms with Gasteiger partial charge in [-0.15, -0.1) is 0 Å². The minimum Gasteiger partial charge on any atom is -0.343 e. The van der Waals surface area contributed by atoms with Crippen LogP contribution >= 0.6 is 0 Å². The summed E-state index contributed by atoms with van der Waals surface area (Å²) in [4.78, 5) is 17.1. The molecule has 26 heavy (non-hydrogen) atoms. The van der Waals surface area contributed by atoms with E-state index >= 15 is 0 Å². The summed E-state index contributed by atoms with van der Waals surface area (Å²) in [6.07, 6.45) is 15.0. The van der Waals surface area contributed by atoms with Gasteiger partial charge in [-0.25, -0.2) is 0 Å². The minimum atomic E-state index is 0.404. The molecule has 2 saturated heterocycles. The second-order valence-corrected chi connectivity index (χ2v) is 9.29. The third-order valence-electron chi connectivity index (χ3n) is 6.76. The molecule has 1 amide bonds. The fourth-order valence-corrected chi connectivity index (χ4v) is 4.84. The van der Waals surface area contributed by atoms with Crippen LogP contribution in [0.3, 0.4) is 0 Å². The molecule has 152 valence electrons. The van der Waals surface area contributed by atoms with Gasteiger partial charge in [-0.2, -0.15) is 0 Å². The lowest BCUT2D eigenvalue weighted by atomic mass is 9.72. The summed E-state index contributed by atoms with van der Waals surface area (Å²) in [5, 5.41) is 0. The second-order valence-electron chi connectivity index (χ2n) is 9.29. The zero-order chi connectivity index (χ0) is 18.8. The number of carbonyl (C=O) groups is 1. The molecule has 0 N–H and O–H groups in total. The zero-order valence-corrected chi connectivity index (χ0v) is 17.9. The first-order valence-corrected chi connectivity index (χ1v) is 11.6. The molecule has 0 aromatic heterocycles. The highest BCUT2D eigenvalue weighted by Gasteiger charge is 2.44. The van der Waals surface area contributed by atoms with Crippen molar-refractivity contribution in [2.45, 2.75) is 97.8 Å². The Hall–Kier alpha value is -0.570. The molecular weight excluding hydrogens is 320 g/mol. The Labute approximate surface area is 162 Å². The van der Waals surface area contributed by atoms with Gasteiger partial charge in [0.05, 0.1) is 0 Å². The molecule has 0 radical (unpaired) electrons. The Kier molecular flexibility index (Phi) is 9.45. The van der Waals surface area contributed by atoms with Gasteiger partial charge in [0.2, 0.25) is 5.91 Å². The molecule has 0 aromatic rings. The van der Waals surface area contributed by atoms with Gasteiger partial charge in [-0.05, 0) is 50.0 Å². The normalized spacial score (nSPS) is 21.0. The largest absolute Gasteiger partial charge is 0.343 e. The van der Waals surface area contributed by atoms with E-state index in [2.05, 4.69) is 30.6 Å². The van der Waals surface area contributed by atoms with E-state index < -0.39 is 0 Å². The average Bonchev–Trinajstić information content (AvgIpc) is 2.61. The van der Waals surface area contributed by atoms with Crippen molar-refractivity contribution in [3.05, 3.63) is 0 Å². The number of likely N-dealkylation sites (tertiary alicyclic amines) is 2. The van der Waals surface area contributed by atoms with Crippen LogP contribution in [0.4, 0.5) is 0 Å². The van der Waals surface area contributed by atoms with Crippen LogP contribution in [0.25, 0.3) is 0 Å². The summed E-state index contributed by atoms with van der Waals surface area (Å²) < 4.78 is 0. The van der Waals surface area contributed by atoms with Crippen LogP contribution in [0.2, 0.25) is 0 Å². The third-order valence-corrected chi connectivity index (χ3v) is 6.76. The lowest BCUT2D eigenvalue weighted by Crippen LogP contribution is -2.60. The van der Waals surface area contributed by atoms with Crippen molar-refractivity contribution in [1.82, 2.24) is 9.80 Å². The van der Waals surface area contributed by atoms with Crippen molar-refractivity contribution >= 4 is 5.91 Å². The number of unbranched alkanes of at least 4 members (excludes halogenated alkanes) is 4. The first-order valence-electron chi connectivity index (χ1n) is 11.6. The second kappa shape index (κ2) is 11.3. The van der Waals surface area contributed by atoms with Gasteiger partial charge in [0, 0.05) is 32.6 Å². The third kappa shape index (κ3) is 6.87. The van der Waals surface area contributed by atoms with Crippen LogP contribution in [-0.2, 0) is 4.79 Å². The van der Waals surface area contributed by atoms with Crippen LogP contribution in [-0.4, -0.2) is 48.4 Å². The predicted octanol–water partition coefficient (Wildman–Crippen LogP) is 5.49. The van der Waals surface area contributed by atoms with E-state index in [1.165, 1.54) is 83.8 Å². The van der Waals surface area contributed by atoms with Crippen molar-refractivity contribution in [3.63, 3.8) is 0 Å². The Morgan fingerprint density at radius 3 is 2.19 bits per heavy atom. The van der Waals surface area contributed by atoms with E-state index in [0.717, 1.165) is 31.8 Å². The number of rotatable bonds is 12. The molecule has 1 unspecified atom stereocenters. The predicted molar refractivity (Wildman–Crippen MR) is 111 cm³/mol. The molecule has 0 bridgehead atoms. The highest BCUT2D eigenvalue weighted by atomic mass is 16.2.